The summed E-state index contributed by atoms with van der Waals surface area (Å²) in [6.07, 6.45) is 0.309. The van der Waals surface area contributed by atoms with Gasteiger partial charge >= 0.3 is 0 Å². The molecule has 0 spiro atoms. The van der Waals surface area contributed by atoms with Crippen LogP contribution in [0, 0.1) is 5.92 Å². The van der Waals surface area contributed by atoms with Crippen molar-refractivity contribution < 1.29 is 19.1 Å². The first kappa shape index (κ1) is 16.8. The number of nitrogens with zero attached hydrogens (tertiary/aromatic N) is 2. The van der Waals surface area contributed by atoms with Crippen molar-refractivity contribution in [2.75, 3.05) is 31.7 Å². The third kappa shape index (κ3) is 3.24. The number of amides is 2. The van der Waals surface area contributed by atoms with Gasteiger partial charge in [-0.25, -0.2) is 0 Å². The highest BCUT2D eigenvalue weighted by Crippen LogP contribution is 2.28. The molecule has 1 aromatic rings. The van der Waals surface area contributed by atoms with E-state index in [2.05, 4.69) is 0 Å². The van der Waals surface area contributed by atoms with Gasteiger partial charge in [0.2, 0.25) is 11.8 Å². The fourth-order valence-electron chi connectivity index (χ4n) is 3.33. The van der Waals surface area contributed by atoms with Crippen LogP contribution in [0.25, 0.3) is 0 Å². The highest BCUT2D eigenvalue weighted by molar-refractivity contribution is 6.00. The standard InChI is InChI=1S/C18H24N2O4/c1-12-11-24-13(2)9-19(12)18(22)14-8-17(21)20(10-14)15-4-6-16(23-3)7-5-15/h4-7,12-14H,8-11H2,1-3H3. The van der Waals surface area contributed by atoms with Crippen molar-refractivity contribution in [3.05, 3.63) is 24.3 Å². The van der Waals surface area contributed by atoms with E-state index in [1.54, 1.807) is 12.0 Å². The summed E-state index contributed by atoms with van der Waals surface area (Å²) < 4.78 is 10.7. The number of morpholine rings is 1. The Labute approximate surface area is 142 Å². The number of ether oxygens (including phenoxy) is 2. The lowest BCUT2D eigenvalue weighted by molar-refractivity contribution is -0.147. The average molecular weight is 332 g/mol. The second-order valence-electron chi connectivity index (χ2n) is 6.59. The minimum Gasteiger partial charge on any atom is -0.497 e. The van der Waals surface area contributed by atoms with Crippen molar-refractivity contribution in [2.24, 2.45) is 5.92 Å². The van der Waals surface area contributed by atoms with Crippen LogP contribution in [0.5, 0.6) is 5.75 Å². The number of benzene rings is 1. The number of carbonyl (C=O) groups excluding carboxylic acids is 2. The zero-order valence-corrected chi connectivity index (χ0v) is 14.4. The largest absolute Gasteiger partial charge is 0.497 e. The van der Waals surface area contributed by atoms with Gasteiger partial charge in [-0.3, -0.25) is 9.59 Å². The molecule has 0 saturated carbocycles. The minimum absolute atomic E-state index is 0.00696. The van der Waals surface area contributed by atoms with Crippen molar-refractivity contribution in [3.63, 3.8) is 0 Å². The first-order chi connectivity index (χ1) is 11.5. The summed E-state index contributed by atoms with van der Waals surface area (Å²) in [6.45, 7) is 5.53. The lowest BCUT2D eigenvalue weighted by atomic mass is 10.0. The van der Waals surface area contributed by atoms with Crippen molar-refractivity contribution in [1.29, 1.82) is 0 Å². The molecule has 130 valence electrons. The molecule has 3 atom stereocenters. The van der Waals surface area contributed by atoms with Crippen LogP contribution in [0.2, 0.25) is 0 Å². The molecule has 0 radical (unpaired) electrons. The monoisotopic (exact) mass is 332 g/mol. The maximum atomic E-state index is 12.9. The zero-order chi connectivity index (χ0) is 17.3. The highest BCUT2D eigenvalue weighted by atomic mass is 16.5. The van der Waals surface area contributed by atoms with Gasteiger partial charge in [-0.05, 0) is 38.1 Å². The molecule has 2 fully saturated rings. The van der Waals surface area contributed by atoms with E-state index in [4.69, 9.17) is 9.47 Å². The summed E-state index contributed by atoms with van der Waals surface area (Å²) in [5.41, 5.74) is 0.805. The molecule has 3 rings (SSSR count). The van der Waals surface area contributed by atoms with Crippen LogP contribution >= 0.6 is 0 Å². The topological polar surface area (TPSA) is 59.1 Å². The molecule has 0 aromatic heterocycles. The van der Waals surface area contributed by atoms with E-state index < -0.39 is 0 Å². The third-order valence-electron chi connectivity index (χ3n) is 4.75. The summed E-state index contributed by atoms with van der Waals surface area (Å²) in [6, 6.07) is 7.40. The highest BCUT2D eigenvalue weighted by Gasteiger charge is 2.39. The molecule has 2 amide bonds. The molecule has 0 bridgehead atoms. The first-order valence-corrected chi connectivity index (χ1v) is 8.36. The predicted molar refractivity (Wildman–Crippen MR) is 90.0 cm³/mol. The Balaban J connectivity index is 1.70. The Morgan fingerprint density at radius 1 is 1.21 bits per heavy atom. The van der Waals surface area contributed by atoms with Gasteiger partial charge in [-0.15, -0.1) is 0 Å². The van der Waals surface area contributed by atoms with Gasteiger partial charge in [0.15, 0.2) is 0 Å². The van der Waals surface area contributed by atoms with Gasteiger partial charge in [0.25, 0.3) is 0 Å². The molecule has 2 aliphatic heterocycles. The van der Waals surface area contributed by atoms with Crippen molar-refractivity contribution in [3.8, 4) is 5.75 Å². The van der Waals surface area contributed by atoms with E-state index in [9.17, 15) is 9.59 Å². The van der Waals surface area contributed by atoms with Crippen LogP contribution in [0.3, 0.4) is 0 Å². The lowest BCUT2D eigenvalue weighted by Crippen LogP contribution is -2.52. The maximum Gasteiger partial charge on any atom is 0.228 e. The molecule has 3 unspecified atom stereocenters. The summed E-state index contributed by atoms with van der Waals surface area (Å²) >= 11 is 0. The van der Waals surface area contributed by atoms with Crippen molar-refractivity contribution in [2.45, 2.75) is 32.4 Å². The molecule has 2 aliphatic rings. The number of rotatable bonds is 3. The smallest absolute Gasteiger partial charge is 0.228 e. The summed E-state index contributed by atoms with van der Waals surface area (Å²) in [7, 11) is 1.61. The molecular weight excluding hydrogens is 308 g/mol. The van der Waals surface area contributed by atoms with Crippen LogP contribution in [-0.2, 0) is 14.3 Å². The Bertz CT molecular complexity index is 616. The minimum atomic E-state index is -0.285. The first-order valence-electron chi connectivity index (χ1n) is 8.36. The number of methoxy groups -OCH3 is 1. The molecule has 2 heterocycles. The molecule has 6 nitrogen and oxygen atoms in total. The van der Waals surface area contributed by atoms with Crippen LogP contribution in [0.4, 0.5) is 5.69 Å². The molecule has 24 heavy (non-hydrogen) atoms. The van der Waals surface area contributed by atoms with E-state index in [0.29, 0.717) is 19.7 Å². The number of anilines is 1. The summed E-state index contributed by atoms with van der Waals surface area (Å²) in [5, 5.41) is 0. The molecular formula is C18H24N2O4. The lowest BCUT2D eigenvalue weighted by Gasteiger charge is -2.38. The van der Waals surface area contributed by atoms with Gasteiger partial charge in [-0.1, -0.05) is 0 Å². The Hall–Kier alpha value is -2.08. The van der Waals surface area contributed by atoms with Gasteiger partial charge < -0.3 is 19.3 Å². The molecule has 0 N–H and O–H groups in total. The van der Waals surface area contributed by atoms with E-state index in [1.807, 2.05) is 43.0 Å². The van der Waals surface area contributed by atoms with Crippen LogP contribution < -0.4 is 9.64 Å². The van der Waals surface area contributed by atoms with Crippen molar-refractivity contribution in [1.82, 2.24) is 4.90 Å². The Kier molecular flexibility index (Phi) is 4.76. The van der Waals surface area contributed by atoms with E-state index in [-0.39, 0.29) is 36.3 Å². The second-order valence-corrected chi connectivity index (χ2v) is 6.59. The van der Waals surface area contributed by atoms with Gasteiger partial charge in [0.05, 0.1) is 31.8 Å². The van der Waals surface area contributed by atoms with Gasteiger partial charge in [0.1, 0.15) is 5.75 Å². The second kappa shape index (κ2) is 6.81. The van der Waals surface area contributed by atoms with E-state index in [0.717, 1.165) is 11.4 Å². The number of hydrogen-bond donors (Lipinski definition) is 0. The molecule has 0 aliphatic carbocycles. The SMILES string of the molecule is COc1ccc(N2CC(C(=O)N3CC(C)OCC3C)CC2=O)cc1. The third-order valence-corrected chi connectivity index (χ3v) is 4.75. The van der Waals surface area contributed by atoms with Crippen LogP contribution in [0.15, 0.2) is 24.3 Å². The average Bonchev–Trinajstić information content (AvgIpc) is 2.98. The Morgan fingerprint density at radius 3 is 2.58 bits per heavy atom. The van der Waals surface area contributed by atoms with Gasteiger partial charge in [0, 0.05) is 25.2 Å². The molecule has 2 saturated heterocycles. The predicted octanol–water partition coefficient (Wildman–Crippen LogP) is 1.68. The number of carbonyl (C=O) groups is 2. The zero-order valence-electron chi connectivity index (χ0n) is 14.4. The normalized spacial score (nSPS) is 27.5. The Morgan fingerprint density at radius 2 is 1.92 bits per heavy atom. The molecule has 6 heteroatoms. The molecule has 1 aromatic carbocycles. The quantitative estimate of drug-likeness (QED) is 0.845. The summed E-state index contributed by atoms with van der Waals surface area (Å²) in [4.78, 5) is 28.8. The van der Waals surface area contributed by atoms with Gasteiger partial charge in [-0.2, -0.15) is 0 Å². The number of hydrogen-bond acceptors (Lipinski definition) is 4. The fourth-order valence-corrected chi connectivity index (χ4v) is 3.33. The fraction of sp³-hybridized carbons (Fsp3) is 0.556. The van der Waals surface area contributed by atoms with Crippen LogP contribution in [-0.4, -0.2) is 55.7 Å². The van der Waals surface area contributed by atoms with E-state index in [1.165, 1.54) is 0 Å². The van der Waals surface area contributed by atoms with E-state index >= 15 is 0 Å². The summed E-state index contributed by atoms with van der Waals surface area (Å²) in [5.74, 6) is 0.510. The van der Waals surface area contributed by atoms with Crippen molar-refractivity contribution >= 4 is 17.5 Å². The van der Waals surface area contributed by atoms with Crippen LogP contribution in [0.1, 0.15) is 20.3 Å². The maximum absolute atomic E-state index is 12.9.